The van der Waals surface area contributed by atoms with Crippen LogP contribution in [-0.4, -0.2) is 16.9 Å². The number of unbranched alkanes of at least 4 members (excludes halogenated alkanes) is 3. The fourth-order valence-corrected chi connectivity index (χ4v) is 4.24. The van der Waals surface area contributed by atoms with Gasteiger partial charge in [0.15, 0.2) is 0 Å². The summed E-state index contributed by atoms with van der Waals surface area (Å²) in [6, 6.07) is 10.3. The average Bonchev–Trinajstić information content (AvgIpc) is 2.54. The Hall–Kier alpha value is -0.710. The molecule has 1 aliphatic heterocycles. The lowest BCUT2D eigenvalue weighted by Crippen LogP contribution is -2.23. The number of anilines is 2. The fraction of sp³-hybridized carbons (Fsp3) is 0.353. The van der Waals surface area contributed by atoms with Gasteiger partial charge in [0.2, 0.25) is 0 Å². The van der Waals surface area contributed by atoms with E-state index < -0.39 is 0 Å². The molecule has 2 aromatic rings. The van der Waals surface area contributed by atoms with Crippen molar-refractivity contribution in [2.24, 2.45) is 0 Å². The molecule has 0 N–H and O–H groups in total. The second-order valence-corrected chi connectivity index (χ2v) is 7.61. The van der Waals surface area contributed by atoms with Gasteiger partial charge in [-0.05, 0) is 43.2 Å². The molecule has 0 fully saturated rings. The average molecular weight is 398 g/mol. The summed E-state index contributed by atoms with van der Waals surface area (Å²) in [4.78, 5) is 9.39. The van der Waals surface area contributed by atoms with Crippen molar-refractivity contribution in [3.8, 4) is 0 Å². The van der Waals surface area contributed by atoms with E-state index in [9.17, 15) is 0 Å². The topological polar surface area (TPSA) is 16.1 Å². The van der Waals surface area contributed by atoms with Gasteiger partial charge in [0.05, 0.1) is 10.6 Å². The molecular formula is C17H18BrClN2S. The predicted octanol–water partition coefficient (Wildman–Crippen LogP) is 6.29. The Morgan fingerprint density at radius 3 is 2.82 bits per heavy atom. The summed E-state index contributed by atoms with van der Waals surface area (Å²) < 4.78 is 0. The number of pyridine rings is 1. The third-order valence-corrected chi connectivity index (χ3v) is 5.60. The largest absolute Gasteiger partial charge is 0.324 e. The van der Waals surface area contributed by atoms with E-state index in [4.69, 9.17) is 11.6 Å². The van der Waals surface area contributed by atoms with Gasteiger partial charge < -0.3 is 4.90 Å². The SMILES string of the molecule is Clc1ccc2c(c1)N(CCCCCCBr)c1ncccc1S2. The Morgan fingerprint density at radius 2 is 1.95 bits per heavy atom. The van der Waals surface area contributed by atoms with Crippen LogP contribution < -0.4 is 4.90 Å². The molecule has 1 aromatic carbocycles. The fourth-order valence-electron chi connectivity index (χ4n) is 2.63. The van der Waals surface area contributed by atoms with Gasteiger partial charge in [0, 0.05) is 28.0 Å². The summed E-state index contributed by atoms with van der Waals surface area (Å²) in [6.45, 7) is 0.986. The molecule has 116 valence electrons. The van der Waals surface area contributed by atoms with Gasteiger partial charge in [0.25, 0.3) is 0 Å². The molecule has 0 saturated carbocycles. The Balaban J connectivity index is 1.82. The lowest BCUT2D eigenvalue weighted by Gasteiger charge is -2.31. The van der Waals surface area contributed by atoms with E-state index in [1.54, 1.807) is 11.8 Å². The van der Waals surface area contributed by atoms with Gasteiger partial charge in [-0.3, -0.25) is 0 Å². The molecule has 2 heterocycles. The molecule has 0 saturated heterocycles. The van der Waals surface area contributed by atoms with Crippen molar-refractivity contribution in [2.45, 2.75) is 35.5 Å². The minimum atomic E-state index is 0.781. The molecule has 22 heavy (non-hydrogen) atoms. The first-order chi connectivity index (χ1) is 10.8. The van der Waals surface area contributed by atoms with E-state index in [1.165, 1.54) is 41.2 Å². The Kier molecular flexibility index (Phi) is 5.66. The molecule has 5 heteroatoms. The first kappa shape index (κ1) is 16.2. The summed E-state index contributed by atoms with van der Waals surface area (Å²) in [6.07, 6.45) is 6.79. The molecule has 0 bridgehead atoms. The zero-order valence-electron chi connectivity index (χ0n) is 12.3. The molecule has 0 aliphatic carbocycles. The van der Waals surface area contributed by atoms with E-state index >= 15 is 0 Å². The first-order valence-electron chi connectivity index (χ1n) is 7.55. The molecule has 3 rings (SSSR count). The number of rotatable bonds is 6. The van der Waals surface area contributed by atoms with Gasteiger partial charge in [-0.1, -0.05) is 52.1 Å². The number of alkyl halides is 1. The summed E-state index contributed by atoms with van der Waals surface area (Å²) in [7, 11) is 0. The smallest absolute Gasteiger partial charge is 0.147 e. The van der Waals surface area contributed by atoms with E-state index in [-0.39, 0.29) is 0 Å². The Labute approximate surface area is 149 Å². The van der Waals surface area contributed by atoms with Crippen LogP contribution in [0.3, 0.4) is 0 Å². The predicted molar refractivity (Wildman–Crippen MR) is 99.1 cm³/mol. The third kappa shape index (κ3) is 3.61. The van der Waals surface area contributed by atoms with Crippen LogP contribution in [0.5, 0.6) is 0 Å². The van der Waals surface area contributed by atoms with Crippen molar-refractivity contribution in [3.63, 3.8) is 0 Å². The van der Waals surface area contributed by atoms with Gasteiger partial charge in [-0.2, -0.15) is 0 Å². The summed E-state index contributed by atoms with van der Waals surface area (Å²) >= 11 is 11.5. The highest BCUT2D eigenvalue weighted by Crippen LogP contribution is 2.47. The molecular weight excluding hydrogens is 380 g/mol. The molecule has 0 radical (unpaired) electrons. The number of nitrogens with zero attached hydrogens (tertiary/aromatic N) is 2. The molecule has 0 spiro atoms. The molecule has 1 aromatic heterocycles. The molecule has 1 aliphatic rings. The summed E-state index contributed by atoms with van der Waals surface area (Å²) in [5, 5.41) is 1.87. The van der Waals surface area contributed by atoms with E-state index in [0.717, 1.165) is 22.7 Å². The maximum Gasteiger partial charge on any atom is 0.147 e. The number of aromatic nitrogens is 1. The zero-order chi connectivity index (χ0) is 15.4. The van der Waals surface area contributed by atoms with Gasteiger partial charge in [0.1, 0.15) is 5.82 Å². The molecule has 0 atom stereocenters. The third-order valence-electron chi connectivity index (χ3n) is 3.70. The highest BCUT2D eigenvalue weighted by molar-refractivity contribution is 9.09. The Morgan fingerprint density at radius 1 is 1.09 bits per heavy atom. The standard InChI is InChI=1S/C17H18BrClN2S/c18-9-3-1-2-4-11-21-14-12-13(19)7-8-15(14)22-16-6-5-10-20-17(16)21/h5-8,10,12H,1-4,9,11H2. The number of halogens is 2. The number of fused-ring (bicyclic) bond motifs is 2. The quantitative estimate of drug-likeness (QED) is 0.421. The highest BCUT2D eigenvalue weighted by atomic mass is 79.9. The van der Waals surface area contributed by atoms with Crippen LogP contribution in [0.15, 0.2) is 46.3 Å². The second-order valence-electron chi connectivity index (χ2n) is 5.29. The summed E-state index contributed by atoms with van der Waals surface area (Å²) in [5.74, 6) is 1.06. The van der Waals surface area contributed by atoms with E-state index in [0.29, 0.717) is 0 Å². The van der Waals surface area contributed by atoms with Crippen LogP contribution >= 0.6 is 39.3 Å². The maximum absolute atomic E-state index is 6.21. The van der Waals surface area contributed by atoms with Crippen LogP contribution in [0.4, 0.5) is 11.5 Å². The number of benzene rings is 1. The maximum atomic E-state index is 6.21. The summed E-state index contributed by atoms with van der Waals surface area (Å²) in [5.41, 5.74) is 1.18. The van der Waals surface area contributed by atoms with Crippen LogP contribution in [0.2, 0.25) is 5.02 Å². The van der Waals surface area contributed by atoms with E-state index in [1.807, 2.05) is 18.3 Å². The number of hydrogen-bond donors (Lipinski definition) is 0. The number of hydrogen-bond acceptors (Lipinski definition) is 3. The monoisotopic (exact) mass is 396 g/mol. The van der Waals surface area contributed by atoms with E-state index in [2.05, 4.69) is 44.0 Å². The molecule has 0 unspecified atom stereocenters. The van der Waals surface area contributed by atoms with Crippen molar-refractivity contribution >= 4 is 50.8 Å². The normalized spacial score (nSPS) is 12.9. The van der Waals surface area contributed by atoms with Crippen LogP contribution in [0.25, 0.3) is 0 Å². The van der Waals surface area contributed by atoms with Crippen molar-refractivity contribution in [1.29, 1.82) is 0 Å². The van der Waals surface area contributed by atoms with Gasteiger partial charge in [-0.25, -0.2) is 4.98 Å². The second kappa shape index (κ2) is 7.71. The minimum absolute atomic E-state index is 0.781. The zero-order valence-corrected chi connectivity index (χ0v) is 15.4. The van der Waals surface area contributed by atoms with Crippen molar-refractivity contribution in [1.82, 2.24) is 4.98 Å². The van der Waals surface area contributed by atoms with Crippen molar-refractivity contribution in [3.05, 3.63) is 41.6 Å². The lowest BCUT2D eigenvalue weighted by molar-refractivity contribution is 0.668. The highest BCUT2D eigenvalue weighted by Gasteiger charge is 2.24. The first-order valence-corrected chi connectivity index (χ1v) is 9.87. The van der Waals surface area contributed by atoms with Crippen molar-refractivity contribution in [2.75, 3.05) is 16.8 Å². The van der Waals surface area contributed by atoms with Crippen molar-refractivity contribution < 1.29 is 0 Å². The van der Waals surface area contributed by atoms with Gasteiger partial charge >= 0.3 is 0 Å². The Bertz CT molecular complexity index is 650. The molecule has 0 amide bonds. The van der Waals surface area contributed by atoms with Crippen LogP contribution in [-0.2, 0) is 0 Å². The lowest BCUT2D eigenvalue weighted by atomic mass is 10.2. The van der Waals surface area contributed by atoms with Crippen LogP contribution in [0, 0.1) is 0 Å². The molecule has 2 nitrogen and oxygen atoms in total. The minimum Gasteiger partial charge on any atom is -0.324 e. The van der Waals surface area contributed by atoms with Gasteiger partial charge in [-0.15, -0.1) is 0 Å². The van der Waals surface area contributed by atoms with Crippen LogP contribution in [0.1, 0.15) is 25.7 Å².